The van der Waals surface area contributed by atoms with Gasteiger partial charge in [-0.05, 0) is 18.4 Å². The lowest BCUT2D eigenvalue weighted by Crippen LogP contribution is -2.41. The van der Waals surface area contributed by atoms with E-state index in [9.17, 15) is 0 Å². The Morgan fingerprint density at radius 3 is 1.29 bits per heavy atom. The molecule has 1 N–H and O–H groups in total. The van der Waals surface area contributed by atoms with E-state index in [-0.39, 0.29) is 0 Å². The number of hydrogen-bond acceptors (Lipinski definition) is 1. The summed E-state index contributed by atoms with van der Waals surface area (Å²) >= 11 is 0. The van der Waals surface area contributed by atoms with E-state index in [0.29, 0.717) is 0 Å². The van der Waals surface area contributed by atoms with E-state index >= 15 is 0 Å². The van der Waals surface area contributed by atoms with Crippen LogP contribution in [0.15, 0.2) is 0 Å². The summed E-state index contributed by atoms with van der Waals surface area (Å²) in [5, 5.41) is 3.69. The van der Waals surface area contributed by atoms with Crippen molar-refractivity contribution in [3.05, 3.63) is 0 Å². The second-order valence-electron chi connectivity index (χ2n) is 4.24. The molecule has 0 aliphatic heterocycles. The lowest BCUT2D eigenvalue weighted by atomic mass is 9.82. The first-order valence-corrected chi connectivity index (χ1v) is 6.48. The average molecular weight is 199 g/mol. The molecule has 0 aromatic rings. The molecule has 0 rings (SSSR count). The molecule has 1 nitrogen and oxygen atoms in total. The summed E-state index contributed by atoms with van der Waals surface area (Å²) in [6.45, 7) is 12.6. The van der Waals surface area contributed by atoms with Crippen LogP contribution in [-0.4, -0.2) is 12.6 Å². The molecule has 0 aromatic heterocycles. The molecular weight excluding hydrogens is 170 g/mol. The Bertz CT molecular complexity index is 102. The minimum Gasteiger partial charge on any atom is -0.314 e. The molecule has 0 atom stereocenters. The molecular formula is C13H29N. The van der Waals surface area contributed by atoms with Gasteiger partial charge in [-0.15, -0.1) is 0 Å². The molecule has 0 bridgehead atoms. The molecule has 0 radical (unpaired) electrons. The van der Waals surface area contributed by atoms with Crippen LogP contribution in [0.4, 0.5) is 0 Å². The van der Waals surface area contributed by atoms with E-state index < -0.39 is 0 Å². The van der Waals surface area contributed by atoms with Crippen LogP contribution in [0.25, 0.3) is 0 Å². The minimum atomic E-state index is 0.741. The Hall–Kier alpha value is -0.0400. The third-order valence-electron chi connectivity index (χ3n) is 3.55. The molecule has 0 aliphatic rings. The highest BCUT2D eigenvalue weighted by molar-refractivity contribution is 4.80. The van der Waals surface area contributed by atoms with Crippen molar-refractivity contribution in [2.45, 2.75) is 66.3 Å². The molecule has 1 heteroatoms. The van der Waals surface area contributed by atoms with E-state index in [4.69, 9.17) is 0 Å². The van der Waals surface area contributed by atoms with Gasteiger partial charge in [-0.3, -0.25) is 0 Å². The second-order valence-corrected chi connectivity index (χ2v) is 4.24. The second kappa shape index (κ2) is 8.28. The summed E-state index contributed by atoms with van der Waals surface area (Å²) in [6, 6.07) is 0.741. The van der Waals surface area contributed by atoms with Gasteiger partial charge in [-0.1, -0.05) is 60.3 Å². The van der Waals surface area contributed by atoms with Crippen molar-refractivity contribution >= 4 is 0 Å². The Morgan fingerprint density at radius 2 is 1.07 bits per heavy atom. The van der Waals surface area contributed by atoms with Gasteiger partial charge in [0.25, 0.3) is 0 Å². The molecule has 0 unspecified atom stereocenters. The molecule has 0 saturated heterocycles. The van der Waals surface area contributed by atoms with E-state index in [2.05, 4.69) is 39.9 Å². The number of nitrogens with one attached hydrogen (secondary N) is 1. The van der Waals surface area contributed by atoms with Crippen LogP contribution < -0.4 is 5.32 Å². The topological polar surface area (TPSA) is 12.0 Å². The van der Waals surface area contributed by atoms with Crippen LogP contribution in [0.5, 0.6) is 0 Å². The summed E-state index contributed by atoms with van der Waals surface area (Å²) in [7, 11) is 0. The van der Waals surface area contributed by atoms with Gasteiger partial charge in [-0.25, -0.2) is 0 Å². The van der Waals surface area contributed by atoms with Gasteiger partial charge >= 0.3 is 0 Å². The fourth-order valence-electron chi connectivity index (χ4n) is 2.55. The first-order chi connectivity index (χ1) is 6.74. The van der Waals surface area contributed by atoms with Crippen LogP contribution in [0, 0.1) is 11.8 Å². The van der Waals surface area contributed by atoms with Gasteiger partial charge in [0.2, 0.25) is 0 Å². The van der Waals surface area contributed by atoms with Crippen LogP contribution >= 0.6 is 0 Å². The van der Waals surface area contributed by atoms with Gasteiger partial charge in [0.05, 0.1) is 0 Å². The van der Waals surface area contributed by atoms with Crippen molar-refractivity contribution in [2.24, 2.45) is 11.8 Å². The zero-order chi connectivity index (χ0) is 11.0. The fourth-order valence-corrected chi connectivity index (χ4v) is 2.55. The Kier molecular flexibility index (Phi) is 8.26. The molecule has 86 valence electrons. The Labute approximate surface area is 90.7 Å². The van der Waals surface area contributed by atoms with Crippen molar-refractivity contribution in [3.8, 4) is 0 Å². The van der Waals surface area contributed by atoms with Gasteiger partial charge in [-0.2, -0.15) is 0 Å². The fraction of sp³-hybridized carbons (Fsp3) is 1.00. The van der Waals surface area contributed by atoms with Crippen LogP contribution in [0.1, 0.15) is 60.3 Å². The molecule has 0 amide bonds. The summed E-state index contributed by atoms with van der Waals surface area (Å²) in [5.41, 5.74) is 0. The molecule has 0 aromatic carbocycles. The zero-order valence-electron chi connectivity index (χ0n) is 10.8. The molecule has 0 fully saturated rings. The zero-order valence-corrected chi connectivity index (χ0v) is 10.8. The van der Waals surface area contributed by atoms with Gasteiger partial charge < -0.3 is 5.32 Å². The third-order valence-corrected chi connectivity index (χ3v) is 3.55. The van der Waals surface area contributed by atoms with Gasteiger partial charge in [0.15, 0.2) is 0 Å². The SMILES string of the molecule is CCNC(C(CC)CC)C(CC)CC. The molecule has 0 aliphatic carbocycles. The van der Waals surface area contributed by atoms with E-state index in [1.807, 2.05) is 0 Å². The summed E-state index contributed by atoms with van der Waals surface area (Å²) in [6.07, 6.45) is 5.24. The monoisotopic (exact) mass is 199 g/mol. The van der Waals surface area contributed by atoms with Crippen LogP contribution in [0.3, 0.4) is 0 Å². The van der Waals surface area contributed by atoms with E-state index in [1.165, 1.54) is 25.7 Å². The quantitative estimate of drug-likeness (QED) is 0.626. The number of hydrogen-bond donors (Lipinski definition) is 1. The Morgan fingerprint density at radius 1 is 0.714 bits per heavy atom. The van der Waals surface area contributed by atoms with Gasteiger partial charge in [0.1, 0.15) is 0 Å². The molecule has 0 heterocycles. The lowest BCUT2D eigenvalue weighted by molar-refractivity contribution is 0.236. The maximum atomic E-state index is 3.69. The standard InChI is InChI=1S/C13H29N/c1-6-11(7-2)13(14-10-5)12(8-3)9-4/h11-14H,6-10H2,1-5H3. The predicted octanol–water partition coefficient (Wildman–Crippen LogP) is 3.84. The first kappa shape index (κ1) is 14.0. The van der Waals surface area contributed by atoms with Crippen LogP contribution in [0.2, 0.25) is 0 Å². The molecule has 0 saturated carbocycles. The highest BCUT2D eigenvalue weighted by Crippen LogP contribution is 2.24. The normalized spacial score (nSPS) is 12.0. The minimum absolute atomic E-state index is 0.741. The Balaban J connectivity index is 4.36. The highest BCUT2D eigenvalue weighted by Gasteiger charge is 2.23. The average Bonchev–Trinajstić information content (AvgIpc) is 2.21. The summed E-state index contributed by atoms with van der Waals surface area (Å²) in [5.74, 6) is 1.72. The lowest BCUT2D eigenvalue weighted by Gasteiger charge is -2.32. The van der Waals surface area contributed by atoms with Crippen molar-refractivity contribution in [2.75, 3.05) is 6.54 Å². The predicted molar refractivity (Wildman–Crippen MR) is 65.6 cm³/mol. The third kappa shape index (κ3) is 4.00. The van der Waals surface area contributed by atoms with Crippen molar-refractivity contribution < 1.29 is 0 Å². The summed E-state index contributed by atoms with van der Waals surface area (Å²) < 4.78 is 0. The van der Waals surface area contributed by atoms with Gasteiger partial charge in [0, 0.05) is 6.04 Å². The first-order valence-electron chi connectivity index (χ1n) is 6.48. The van der Waals surface area contributed by atoms with Crippen molar-refractivity contribution in [3.63, 3.8) is 0 Å². The van der Waals surface area contributed by atoms with E-state index in [1.54, 1.807) is 0 Å². The summed E-state index contributed by atoms with van der Waals surface area (Å²) in [4.78, 5) is 0. The smallest absolute Gasteiger partial charge is 0.0123 e. The van der Waals surface area contributed by atoms with Crippen molar-refractivity contribution in [1.29, 1.82) is 0 Å². The molecule has 14 heavy (non-hydrogen) atoms. The highest BCUT2D eigenvalue weighted by atomic mass is 14.9. The maximum absolute atomic E-state index is 3.69. The maximum Gasteiger partial charge on any atom is 0.0123 e. The number of rotatable bonds is 8. The van der Waals surface area contributed by atoms with E-state index in [0.717, 1.165) is 24.4 Å². The largest absolute Gasteiger partial charge is 0.314 e. The molecule has 0 spiro atoms. The van der Waals surface area contributed by atoms with Crippen LogP contribution in [-0.2, 0) is 0 Å². The van der Waals surface area contributed by atoms with Crippen molar-refractivity contribution in [1.82, 2.24) is 5.32 Å².